The smallest absolute Gasteiger partial charge is 0.229 e. The maximum Gasteiger partial charge on any atom is 0.229 e. The summed E-state index contributed by atoms with van der Waals surface area (Å²) < 4.78 is 0. The van der Waals surface area contributed by atoms with Crippen molar-refractivity contribution in [3.05, 3.63) is 22.8 Å². The first-order valence-electron chi connectivity index (χ1n) is 9.68. The Hall–Kier alpha value is -2.04. The molecule has 1 aliphatic carbocycles. The van der Waals surface area contributed by atoms with Crippen LogP contribution in [0.1, 0.15) is 55.7 Å². The lowest BCUT2D eigenvalue weighted by Crippen LogP contribution is -2.39. The van der Waals surface area contributed by atoms with Gasteiger partial charge in [-0.15, -0.1) is 0 Å². The largest absolute Gasteiger partial charge is 0.507 e. The highest BCUT2D eigenvalue weighted by atomic mass is 16.3. The van der Waals surface area contributed by atoms with Crippen LogP contribution >= 0.6 is 0 Å². The first-order valence-corrected chi connectivity index (χ1v) is 9.68. The molecule has 2 fully saturated rings. The van der Waals surface area contributed by atoms with Gasteiger partial charge in [0.15, 0.2) is 0 Å². The molecule has 2 amide bonds. The van der Waals surface area contributed by atoms with Crippen molar-refractivity contribution in [3.63, 3.8) is 0 Å². The minimum atomic E-state index is -0.296. The molecular weight excluding hydrogens is 328 g/mol. The summed E-state index contributed by atoms with van der Waals surface area (Å²) in [6, 6.07) is 2.10. The van der Waals surface area contributed by atoms with Crippen LogP contribution in [-0.4, -0.2) is 34.4 Å². The van der Waals surface area contributed by atoms with Gasteiger partial charge in [-0.3, -0.25) is 9.59 Å². The molecule has 1 saturated carbocycles. The zero-order valence-corrected chi connectivity index (χ0v) is 16.3. The normalized spacial score (nSPS) is 26.2. The first kappa shape index (κ1) is 18.7. The number of hydrogen-bond acceptors (Lipinski definition) is 3. The molecule has 1 aromatic rings. The van der Waals surface area contributed by atoms with E-state index in [0.717, 1.165) is 54.0 Å². The summed E-state index contributed by atoms with van der Waals surface area (Å²) in [4.78, 5) is 27.1. The number of phenols is 1. The molecule has 1 unspecified atom stereocenters. The summed E-state index contributed by atoms with van der Waals surface area (Å²) in [5.74, 6) is 0.731. The van der Waals surface area contributed by atoms with Crippen molar-refractivity contribution in [3.8, 4) is 5.75 Å². The molecule has 0 radical (unpaired) electrons. The lowest BCUT2D eigenvalue weighted by Gasteiger charge is -2.33. The van der Waals surface area contributed by atoms with E-state index in [0.29, 0.717) is 19.0 Å². The third-order valence-corrected chi connectivity index (χ3v) is 6.27. The van der Waals surface area contributed by atoms with E-state index in [-0.39, 0.29) is 23.5 Å². The van der Waals surface area contributed by atoms with Crippen LogP contribution in [-0.2, 0) is 9.59 Å². The Morgan fingerprint density at radius 2 is 1.81 bits per heavy atom. The van der Waals surface area contributed by atoms with Crippen LogP contribution < -0.4 is 5.32 Å². The monoisotopic (exact) mass is 358 g/mol. The van der Waals surface area contributed by atoms with Crippen molar-refractivity contribution >= 4 is 17.5 Å². The maximum absolute atomic E-state index is 12.7. The van der Waals surface area contributed by atoms with Crippen molar-refractivity contribution in [1.29, 1.82) is 0 Å². The van der Waals surface area contributed by atoms with Gasteiger partial charge in [0.25, 0.3) is 0 Å². The number of aromatic hydroxyl groups is 1. The highest BCUT2D eigenvalue weighted by molar-refractivity contribution is 5.98. The quantitative estimate of drug-likeness (QED) is 0.810. The van der Waals surface area contributed by atoms with Gasteiger partial charge in [0.1, 0.15) is 5.75 Å². The second kappa shape index (κ2) is 7.29. The van der Waals surface area contributed by atoms with Crippen LogP contribution in [0.15, 0.2) is 6.07 Å². The van der Waals surface area contributed by atoms with Gasteiger partial charge in [-0.25, -0.2) is 0 Å². The van der Waals surface area contributed by atoms with E-state index < -0.39 is 0 Å². The Balaban J connectivity index is 1.67. The second-order valence-electron chi connectivity index (χ2n) is 8.19. The standard InChI is InChI=1S/C21H30N2O3/c1-12-5-7-17(8-6-12)23-11-16(10-19(23)24)21(26)22-18-9-13(2)20(25)15(4)14(18)3/h9,12,16-17,25H,5-8,10-11H2,1-4H3,(H,22,26). The van der Waals surface area contributed by atoms with E-state index in [4.69, 9.17) is 0 Å². The van der Waals surface area contributed by atoms with Gasteiger partial charge in [0, 0.05) is 24.7 Å². The number of anilines is 1. The number of nitrogens with zero attached hydrogens (tertiary/aromatic N) is 1. The number of carbonyl (C=O) groups is 2. The molecule has 0 aromatic heterocycles. The SMILES string of the molecule is Cc1cc(NC(=O)C2CC(=O)N(C3CCC(C)CC3)C2)c(C)c(C)c1O. The van der Waals surface area contributed by atoms with Crippen LogP contribution in [0.5, 0.6) is 5.75 Å². The number of hydrogen-bond donors (Lipinski definition) is 2. The first-order chi connectivity index (χ1) is 12.3. The molecular formula is C21H30N2O3. The lowest BCUT2D eigenvalue weighted by atomic mass is 9.87. The molecule has 1 saturated heterocycles. The van der Waals surface area contributed by atoms with Crippen molar-refractivity contribution in [2.24, 2.45) is 11.8 Å². The van der Waals surface area contributed by atoms with E-state index in [9.17, 15) is 14.7 Å². The number of rotatable bonds is 3. The molecule has 26 heavy (non-hydrogen) atoms. The summed E-state index contributed by atoms with van der Waals surface area (Å²) in [6.45, 7) is 8.35. The number of amides is 2. The fourth-order valence-corrected chi connectivity index (χ4v) is 4.25. The van der Waals surface area contributed by atoms with Crippen LogP contribution in [0, 0.1) is 32.6 Å². The van der Waals surface area contributed by atoms with Crippen molar-refractivity contribution in [1.82, 2.24) is 4.90 Å². The lowest BCUT2D eigenvalue weighted by molar-refractivity contribution is -0.130. The molecule has 3 rings (SSSR count). The van der Waals surface area contributed by atoms with E-state index in [1.54, 1.807) is 6.07 Å². The van der Waals surface area contributed by atoms with E-state index in [1.165, 1.54) is 0 Å². The number of benzene rings is 1. The van der Waals surface area contributed by atoms with E-state index >= 15 is 0 Å². The predicted octanol–water partition coefficient (Wildman–Crippen LogP) is 3.68. The van der Waals surface area contributed by atoms with Gasteiger partial charge in [0.2, 0.25) is 11.8 Å². The van der Waals surface area contributed by atoms with Gasteiger partial charge >= 0.3 is 0 Å². The summed E-state index contributed by atoms with van der Waals surface area (Å²) >= 11 is 0. The highest BCUT2D eigenvalue weighted by Gasteiger charge is 2.38. The minimum absolute atomic E-state index is 0.0994. The van der Waals surface area contributed by atoms with Gasteiger partial charge in [0.05, 0.1) is 5.92 Å². The average Bonchev–Trinajstić information content (AvgIpc) is 3.00. The van der Waals surface area contributed by atoms with Crippen molar-refractivity contribution in [2.75, 3.05) is 11.9 Å². The van der Waals surface area contributed by atoms with Crippen LogP contribution in [0.2, 0.25) is 0 Å². The van der Waals surface area contributed by atoms with Gasteiger partial charge < -0.3 is 15.3 Å². The van der Waals surface area contributed by atoms with Gasteiger partial charge in [-0.05, 0) is 75.1 Å². The van der Waals surface area contributed by atoms with Crippen LogP contribution in [0.25, 0.3) is 0 Å². The molecule has 1 aliphatic heterocycles. The molecule has 5 heteroatoms. The van der Waals surface area contributed by atoms with Gasteiger partial charge in [-0.1, -0.05) is 6.92 Å². The molecule has 5 nitrogen and oxygen atoms in total. The van der Waals surface area contributed by atoms with E-state index in [1.807, 2.05) is 25.7 Å². The Morgan fingerprint density at radius 1 is 1.15 bits per heavy atom. The molecule has 1 atom stereocenters. The molecule has 1 heterocycles. The number of nitrogens with one attached hydrogen (secondary N) is 1. The molecule has 0 spiro atoms. The average molecular weight is 358 g/mol. The zero-order chi connectivity index (χ0) is 19.0. The van der Waals surface area contributed by atoms with Crippen LogP contribution in [0.4, 0.5) is 5.69 Å². The Morgan fingerprint density at radius 3 is 2.46 bits per heavy atom. The fraction of sp³-hybridized carbons (Fsp3) is 0.619. The molecule has 0 bridgehead atoms. The Bertz CT molecular complexity index is 720. The number of phenolic OH excluding ortho intramolecular Hbond substituents is 1. The number of carbonyl (C=O) groups excluding carboxylic acids is 2. The molecule has 2 N–H and O–H groups in total. The maximum atomic E-state index is 12.7. The molecule has 1 aromatic carbocycles. The van der Waals surface area contributed by atoms with E-state index in [2.05, 4.69) is 12.2 Å². The van der Waals surface area contributed by atoms with Crippen LogP contribution in [0.3, 0.4) is 0 Å². The van der Waals surface area contributed by atoms with Crippen molar-refractivity contribution < 1.29 is 14.7 Å². The summed E-state index contributed by atoms with van der Waals surface area (Å²) in [5, 5.41) is 13.0. The van der Waals surface area contributed by atoms with Crippen molar-refractivity contribution in [2.45, 2.75) is 65.8 Å². The topological polar surface area (TPSA) is 69.6 Å². The summed E-state index contributed by atoms with van der Waals surface area (Å²) in [5.41, 5.74) is 3.11. The Kier molecular flexibility index (Phi) is 5.26. The number of likely N-dealkylation sites (tertiary alicyclic amines) is 1. The molecule has 2 aliphatic rings. The summed E-state index contributed by atoms with van der Waals surface area (Å²) in [6.07, 6.45) is 4.73. The Labute approximate surface area is 155 Å². The number of aryl methyl sites for hydroxylation is 1. The third-order valence-electron chi connectivity index (χ3n) is 6.27. The third kappa shape index (κ3) is 3.57. The van der Waals surface area contributed by atoms with Gasteiger partial charge in [-0.2, -0.15) is 0 Å². The highest BCUT2D eigenvalue weighted by Crippen LogP contribution is 2.33. The molecule has 142 valence electrons. The zero-order valence-electron chi connectivity index (χ0n) is 16.3. The second-order valence-corrected chi connectivity index (χ2v) is 8.19. The fourth-order valence-electron chi connectivity index (χ4n) is 4.25. The minimum Gasteiger partial charge on any atom is -0.507 e. The summed E-state index contributed by atoms with van der Waals surface area (Å²) in [7, 11) is 0. The predicted molar refractivity (Wildman–Crippen MR) is 102 cm³/mol.